The van der Waals surface area contributed by atoms with Crippen LogP contribution in [-0.4, -0.2) is 39.5 Å². The molecular weight excluding hydrogens is 402 g/mol. The average Bonchev–Trinajstić information content (AvgIpc) is 3.41. The Morgan fingerprint density at radius 3 is 2.67 bits per heavy atom. The maximum Gasteiger partial charge on any atom is 0.363 e. The van der Waals surface area contributed by atoms with E-state index < -0.39 is 5.97 Å². The molecule has 9 heteroatoms. The fourth-order valence-electron chi connectivity index (χ4n) is 2.50. The standard InChI is InChI=1S/C18H15N3O3S3/c1-23-14-9-11(18-25-7-8-26-18)3-4-13(14)24-17(22)12-10-27-16(21-12)15-19-5-2-6-20-15/h2-6,9-10,18H,7-8H2,1H3. The summed E-state index contributed by atoms with van der Waals surface area (Å²) in [5.41, 5.74) is 1.38. The number of hydrogen-bond donors (Lipinski definition) is 0. The topological polar surface area (TPSA) is 74.2 Å². The third-order valence-corrected chi connectivity index (χ3v) is 7.70. The summed E-state index contributed by atoms with van der Waals surface area (Å²) >= 11 is 5.12. The fraction of sp³-hybridized carbons (Fsp3) is 0.222. The molecule has 3 heterocycles. The van der Waals surface area contributed by atoms with Crippen molar-refractivity contribution >= 4 is 40.8 Å². The van der Waals surface area contributed by atoms with Crippen molar-refractivity contribution in [3.63, 3.8) is 0 Å². The molecule has 6 nitrogen and oxygen atoms in total. The van der Waals surface area contributed by atoms with Crippen molar-refractivity contribution in [2.75, 3.05) is 18.6 Å². The highest BCUT2D eigenvalue weighted by Crippen LogP contribution is 2.47. The molecule has 0 saturated carbocycles. The van der Waals surface area contributed by atoms with E-state index in [2.05, 4.69) is 15.0 Å². The Kier molecular flexibility index (Phi) is 5.61. The highest BCUT2D eigenvalue weighted by Gasteiger charge is 2.21. The summed E-state index contributed by atoms with van der Waals surface area (Å²) < 4.78 is 11.3. The van der Waals surface area contributed by atoms with E-state index in [1.807, 2.05) is 35.7 Å². The van der Waals surface area contributed by atoms with Gasteiger partial charge in [0.25, 0.3) is 0 Å². The molecule has 1 saturated heterocycles. The fourth-order valence-corrected chi connectivity index (χ4v) is 6.07. The highest BCUT2D eigenvalue weighted by atomic mass is 32.2. The minimum Gasteiger partial charge on any atom is -0.493 e. The second-order valence-electron chi connectivity index (χ2n) is 5.48. The lowest BCUT2D eigenvalue weighted by Gasteiger charge is -2.13. The minimum absolute atomic E-state index is 0.218. The van der Waals surface area contributed by atoms with Crippen LogP contribution in [0.25, 0.3) is 10.8 Å². The zero-order valence-corrected chi connectivity index (χ0v) is 16.8. The first-order valence-electron chi connectivity index (χ1n) is 8.11. The third-order valence-electron chi connectivity index (χ3n) is 3.75. The van der Waals surface area contributed by atoms with Gasteiger partial charge in [0, 0.05) is 29.3 Å². The lowest BCUT2D eigenvalue weighted by atomic mass is 10.2. The molecule has 0 radical (unpaired) electrons. The minimum atomic E-state index is -0.538. The van der Waals surface area contributed by atoms with Crippen LogP contribution in [0.5, 0.6) is 11.5 Å². The maximum atomic E-state index is 12.5. The van der Waals surface area contributed by atoms with Gasteiger partial charge in [-0.3, -0.25) is 0 Å². The van der Waals surface area contributed by atoms with Crippen LogP contribution >= 0.6 is 34.9 Å². The van der Waals surface area contributed by atoms with E-state index >= 15 is 0 Å². The van der Waals surface area contributed by atoms with Crippen LogP contribution in [0.3, 0.4) is 0 Å². The molecule has 2 aromatic heterocycles. The van der Waals surface area contributed by atoms with Gasteiger partial charge >= 0.3 is 5.97 Å². The van der Waals surface area contributed by atoms with Crippen molar-refractivity contribution in [2.24, 2.45) is 0 Å². The van der Waals surface area contributed by atoms with Gasteiger partial charge < -0.3 is 9.47 Å². The molecule has 27 heavy (non-hydrogen) atoms. The highest BCUT2D eigenvalue weighted by molar-refractivity contribution is 8.19. The van der Waals surface area contributed by atoms with Crippen molar-refractivity contribution in [3.8, 4) is 22.3 Å². The van der Waals surface area contributed by atoms with E-state index in [1.54, 1.807) is 37.0 Å². The second kappa shape index (κ2) is 8.28. The summed E-state index contributed by atoms with van der Waals surface area (Å²) in [6, 6.07) is 7.41. The van der Waals surface area contributed by atoms with Gasteiger partial charge in [-0.05, 0) is 23.8 Å². The zero-order chi connectivity index (χ0) is 18.6. The summed E-state index contributed by atoms with van der Waals surface area (Å²) in [6.07, 6.45) is 3.27. The molecule has 1 fully saturated rings. The number of ether oxygens (including phenoxy) is 2. The van der Waals surface area contributed by atoms with Crippen LogP contribution in [0.15, 0.2) is 42.0 Å². The Labute approximate surface area is 168 Å². The maximum absolute atomic E-state index is 12.5. The molecule has 1 aromatic carbocycles. The van der Waals surface area contributed by atoms with Crippen LogP contribution in [0, 0.1) is 0 Å². The molecule has 0 spiro atoms. The van der Waals surface area contributed by atoms with Gasteiger partial charge in [0.2, 0.25) is 0 Å². The smallest absolute Gasteiger partial charge is 0.363 e. The molecule has 1 aliphatic rings. The van der Waals surface area contributed by atoms with Crippen LogP contribution in [0.4, 0.5) is 0 Å². The monoisotopic (exact) mass is 417 g/mol. The first kappa shape index (κ1) is 18.3. The number of aromatic nitrogens is 3. The van der Waals surface area contributed by atoms with Crippen molar-refractivity contribution in [1.29, 1.82) is 0 Å². The number of carbonyl (C=O) groups excluding carboxylic acids is 1. The predicted octanol–water partition coefficient (Wildman–Crippen LogP) is 4.31. The molecule has 1 aliphatic heterocycles. The Morgan fingerprint density at radius 2 is 1.93 bits per heavy atom. The SMILES string of the molecule is COc1cc(C2SCCS2)ccc1OC(=O)c1csc(-c2ncccn2)n1. The van der Waals surface area contributed by atoms with Gasteiger partial charge in [0.1, 0.15) is 0 Å². The summed E-state index contributed by atoms with van der Waals surface area (Å²) in [4.78, 5) is 25.1. The number of esters is 1. The molecule has 0 N–H and O–H groups in total. The lowest BCUT2D eigenvalue weighted by molar-refractivity contribution is 0.0724. The van der Waals surface area contributed by atoms with Crippen molar-refractivity contribution in [1.82, 2.24) is 15.0 Å². The molecule has 0 atom stereocenters. The first-order chi connectivity index (χ1) is 13.2. The predicted molar refractivity (Wildman–Crippen MR) is 109 cm³/mol. The quantitative estimate of drug-likeness (QED) is 0.449. The number of nitrogens with zero attached hydrogens (tertiary/aromatic N) is 3. The zero-order valence-electron chi connectivity index (χ0n) is 14.3. The normalized spacial score (nSPS) is 14.3. The molecular formula is C18H15N3O3S3. The Bertz CT molecular complexity index is 943. The number of hydrogen-bond acceptors (Lipinski definition) is 9. The van der Waals surface area contributed by atoms with E-state index in [1.165, 1.54) is 11.3 Å². The largest absolute Gasteiger partial charge is 0.493 e. The molecule has 138 valence electrons. The first-order valence-corrected chi connectivity index (χ1v) is 11.1. The van der Waals surface area contributed by atoms with Gasteiger partial charge in [-0.25, -0.2) is 19.7 Å². The van der Waals surface area contributed by atoms with Gasteiger partial charge in [-0.1, -0.05) is 6.07 Å². The Morgan fingerprint density at radius 1 is 1.15 bits per heavy atom. The summed E-state index contributed by atoms with van der Waals surface area (Å²) in [5, 5.41) is 2.21. The molecule has 0 unspecified atom stereocenters. The van der Waals surface area contributed by atoms with Crippen molar-refractivity contribution in [2.45, 2.75) is 4.58 Å². The second-order valence-corrected chi connectivity index (χ2v) is 9.07. The van der Waals surface area contributed by atoms with Gasteiger partial charge in [-0.15, -0.1) is 34.9 Å². The van der Waals surface area contributed by atoms with E-state index in [0.717, 1.165) is 17.1 Å². The number of thiazole rings is 1. The van der Waals surface area contributed by atoms with E-state index in [9.17, 15) is 4.79 Å². The van der Waals surface area contributed by atoms with Gasteiger partial charge in [-0.2, -0.15) is 0 Å². The average molecular weight is 418 g/mol. The number of methoxy groups -OCH3 is 1. The number of carbonyl (C=O) groups is 1. The molecule has 0 aliphatic carbocycles. The Balaban J connectivity index is 1.51. The summed E-state index contributed by atoms with van der Waals surface area (Å²) in [6.45, 7) is 0. The van der Waals surface area contributed by atoms with Crippen molar-refractivity contribution < 1.29 is 14.3 Å². The van der Waals surface area contributed by atoms with E-state index in [-0.39, 0.29) is 5.69 Å². The van der Waals surface area contributed by atoms with Gasteiger partial charge in [0.05, 0.1) is 11.7 Å². The van der Waals surface area contributed by atoms with Crippen LogP contribution < -0.4 is 9.47 Å². The number of benzene rings is 1. The van der Waals surface area contributed by atoms with Gasteiger partial charge in [0.15, 0.2) is 28.0 Å². The molecule has 4 rings (SSSR count). The van der Waals surface area contributed by atoms with Crippen LogP contribution in [-0.2, 0) is 0 Å². The summed E-state index contributed by atoms with van der Waals surface area (Å²) in [5.74, 6) is 3.15. The number of thioether (sulfide) groups is 2. The van der Waals surface area contributed by atoms with E-state index in [0.29, 0.717) is 26.9 Å². The molecule has 3 aromatic rings. The van der Waals surface area contributed by atoms with E-state index in [4.69, 9.17) is 9.47 Å². The van der Waals surface area contributed by atoms with Crippen molar-refractivity contribution in [3.05, 3.63) is 53.3 Å². The molecule has 0 bridgehead atoms. The lowest BCUT2D eigenvalue weighted by Crippen LogP contribution is -2.10. The van der Waals surface area contributed by atoms with Crippen LogP contribution in [0.2, 0.25) is 0 Å². The molecule has 0 amide bonds. The number of rotatable bonds is 5. The summed E-state index contributed by atoms with van der Waals surface area (Å²) in [7, 11) is 1.57. The Hall–Kier alpha value is -2.10. The van der Waals surface area contributed by atoms with Crippen LogP contribution in [0.1, 0.15) is 20.6 Å². The third kappa shape index (κ3) is 4.10.